The molecule has 0 radical (unpaired) electrons. The van der Waals surface area contributed by atoms with Gasteiger partial charge in [-0.1, -0.05) is 49.8 Å². The van der Waals surface area contributed by atoms with Crippen molar-refractivity contribution in [1.82, 2.24) is 0 Å². The van der Waals surface area contributed by atoms with Crippen LogP contribution in [0, 0.1) is 11.8 Å². The highest BCUT2D eigenvalue weighted by atomic mass is 16.1. The van der Waals surface area contributed by atoms with Crippen LogP contribution in [0.4, 0.5) is 0 Å². The van der Waals surface area contributed by atoms with Gasteiger partial charge in [-0.25, -0.2) is 0 Å². The second kappa shape index (κ2) is 6.63. The zero-order valence-corrected chi connectivity index (χ0v) is 9.62. The summed E-state index contributed by atoms with van der Waals surface area (Å²) >= 11 is 0. The summed E-state index contributed by atoms with van der Waals surface area (Å²) in [6.07, 6.45) is 1.96. The summed E-state index contributed by atoms with van der Waals surface area (Å²) < 4.78 is 0. The Kier molecular flexibility index (Phi) is 5.08. The number of hydrogen-bond donors (Lipinski definition) is 0. The van der Waals surface area contributed by atoms with Gasteiger partial charge in [-0.3, -0.25) is 4.79 Å². The minimum absolute atomic E-state index is 0.0170. The fraction of sp³-hybridized carbons (Fsp3) is 0.267. The molecule has 0 aromatic heterocycles. The van der Waals surface area contributed by atoms with Crippen molar-refractivity contribution in [3.05, 3.63) is 42.5 Å². The molecular formula is C15H16O. The van der Waals surface area contributed by atoms with Gasteiger partial charge in [-0.15, -0.1) is 0 Å². The summed E-state index contributed by atoms with van der Waals surface area (Å²) in [7, 11) is 0. The van der Waals surface area contributed by atoms with Crippen LogP contribution in [-0.4, -0.2) is 5.78 Å². The molecule has 0 aliphatic carbocycles. The van der Waals surface area contributed by atoms with Crippen molar-refractivity contribution in [3.8, 4) is 11.8 Å². The highest BCUT2D eigenvalue weighted by Crippen LogP contribution is 2.14. The molecule has 0 bridgehead atoms. The molecule has 0 aliphatic heterocycles. The van der Waals surface area contributed by atoms with E-state index in [2.05, 4.69) is 18.4 Å². The van der Waals surface area contributed by atoms with Crippen molar-refractivity contribution in [2.24, 2.45) is 0 Å². The minimum Gasteiger partial charge on any atom is -0.285 e. The molecule has 0 saturated heterocycles. The van der Waals surface area contributed by atoms with Gasteiger partial charge in [0.15, 0.2) is 0 Å². The maximum Gasteiger partial charge on any atom is 0.205 e. The topological polar surface area (TPSA) is 17.1 Å². The molecule has 0 heterocycles. The Bertz CT molecular complexity index is 418. The maximum atomic E-state index is 11.2. The van der Waals surface area contributed by atoms with E-state index in [4.69, 9.17) is 0 Å². The molecule has 0 fully saturated rings. The smallest absolute Gasteiger partial charge is 0.205 e. The number of rotatable bonds is 4. The number of ketones is 1. The Morgan fingerprint density at radius 1 is 1.31 bits per heavy atom. The Labute approximate surface area is 97.2 Å². The van der Waals surface area contributed by atoms with Crippen LogP contribution in [0.15, 0.2) is 36.9 Å². The second-order valence-electron chi connectivity index (χ2n) is 3.62. The highest BCUT2D eigenvalue weighted by molar-refractivity contribution is 5.95. The summed E-state index contributed by atoms with van der Waals surface area (Å²) in [5.41, 5.74) is 2.04. The molecule has 1 heteroatoms. The first-order chi connectivity index (χ1) is 7.74. The van der Waals surface area contributed by atoms with E-state index in [1.54, 1.807) is 0 Å². The fourth-order valence-electron chi connectivity index (χ4n) is 1.31. The molecule has 0 N–H and O–H groups in total. The molecule has 0 aliphatic rings. The van der Waals surface area contributed by atoms with Gasteiger partial charge < -0.3 is 0 Å². The van der Waals surface area contributed by atoms with Crippen LogP contribution in [0.1, 0.15) is 31.7 Å². The molecule has 1 aromatic carbocycles. The second-order valence-corrected chi connectivity index (χ2v) is 3.62. The number of benzene rings is 1. The SMILES string of the molecule is C=C(CC#CC(=O)CCC)c1ccccc1. The van der Waals surface area contributed by atoms with Crippen molar-refractivity contribution < 1.29 is 4.79 Å². The third-order valence-corrected chi connectivity index (χ3v) is 2.19. The normalized spacial score (nSPS) is 9.06. The van der Waals surface area contributed by atoms with Gasteiger partial charge in [-0.05, 0) is 23.5 Å². The number of Topliss-reactive ketones (excluding diaryl/α,β-unsaturated/α-hetero) is 1. The predicted octanol–water partition coefficient (Wildman–Crippen LogP) is 3.46. The van der Waals surface area contributed by atoms with Gasteiger partial charge in [0.2, 0.25) is 5.78 Å². The largest absolute Gasteiger partial charge is 0.285 e. The highest BCUT2D eigenvalue weighted by Gasteiger charge is 1.96. The van der Waals surface area contributed by atoms with Crippen LogP contribution < -0.4 is 0 Å². The van der Waals surface area contributed by atoms with Gasteiger partial charge in [0.05, 0.1) is 0 Å². The molecule has 82 valence electrons. The zero-order valence-electron chi connectivity index (χ0n) is 9.62. The third kappa shape index (κ3) is 4.14. The third-order valence-electron chi connectivity index (χ3n) is 2.19. The Hall–Kier alpha value is -1.81. The van der Waals surface area contributed by atoms with Crippen LogP contribution in [0.25, 0.3) is 5.57 Å². The number of hydrogen-bond acceptors (Lipinski definition) is 1. The minimum atomic E-state index is 0.0170. The molecule has 0 saturated carbocycles. The van der Waals surface area contributed by atoms with Crippen molar-refractivity contribution in [3.63, 3.8) is 0 Å². The van der Waals surface area contributed by atoms with E-state index in [9.17, 15) is 4.79 Å². The van der Waals surface area contributed by atoms with E-state index in [0.717, 1.165) is 17.6 Å². The van der Waals surface area contributed by atoms with Crippen LogP contribution in [-0.2, 0) is 4.79 Å². The molecular weight excluding hydrogens is 196 g/mol. The molecule has 0 spiro atoms. The first-order valence-electron chi connectivity index (χ1n) is 5.49. The van der Waals surface area contributed by atoms with Gasteiger partial charge in [0.25, 0.3) is 0 Å². The van der Waals surface area contributed by atoms with E-state index >= 15 is 0 Å². The van der Waals surface area contributed by atoms with Crippen LogP contribution in [0.3, 0.4) is 0 Å². The van der Waals surface area contributed by atoms with Crippen LogP contribution in [0.5, 0.6) is 0 Å². The maximum absolute atomic E-state index is 11.2. The average Bonchev–Trinajstić information content (AvgIpc) is 2.30. The van der Waals surface area contributed by atoms with Crippen molar-refractivity contribution in [2.75, 3.05) is 0 Å². The van der Waals surface area contributed by atoms with Gasteiger partial charge in [0, 0.05) is 12.8 Å². The summed E-state index contributed by atoms with van der Waals surface area (Å²) in [4.78, 5) is 11.2. The first-order valence-corrected chi connectivity index (χ1v) is 5.49. The van der Waals surface area contributed by atoms with Crippen molar-refractivity contribution in [1.29, 1.82) is 0 Å². The van der Waals surface area contributed by atoms with Crippen LogP contribution >= 0.6 is 0 Å². The molecule has 1 aromatic rings. The molecule has 0 atom stereocenters. The van der Waals surface area contributed by atoms with Crippen molar-refractivity contribution in [2.45, 2.75) is 26.2 Å². The number of carbonyl (C=O) groups is 1. The summed E-state index contributed by atoms with van der Waals surface area (Å²) in [6.45, 7) is 5.93. The van der Waals surface area contributed by atoms with Crippen LogP contribution in [0.2, 0.25) is 0 Å². The Morgan fingerprint density at radius 2 is 2.00 bits per heavy atom. The zero-order chi connectivity index (χ0) is 11.8. The predicted molar refractivity (Wildman–Crippen MR) is 67.8 cm³/mol. The summed E-state index contributed by atoms with van der Waals surface area (Å²) in [5.74, 6) is 5.52. The Balaban J connectivity index is 2.50. The lowest BCUT2D eigenvalue weighted by Gasteiger charge is -1.99. The van der Waals surface area contributed by atoms with E-state index in [1.807, 2.05) is 37.3 Å². The van der Waals surface area contributed by atoms with E-state index in [1.165, 1.54) is 0 Å². The van der Waals surface area contributed by atoms with Crippen molar-refractivity contribution >= 4 is 11.4 Å². The molecule has 1 rings (SSSR count). The van der Waals surface area contributed by atoms with Gasteiger partial charge in [-0.2, -0.15) is 0 Å². The Morgan fingerprint density at radius 3 is 2.62 bits per heavy atom. The van der Waals surface area contributed by atoms with E-state index in [0.29, 0.717) is 12.8 Å². The summed E-state index contributed by atoms with van der Waals surface area (Å²) in [6, 6.07) is 9.90. The van der Waals surface area contributed by atoms with Gasteiger partial charge in [0.1, 0.15) is 0 Å². The van der Waals surface area contributed by atoms with E-state index in [-0.39, 0.29) is 5.78 Å². The standard InChI is InChI=1S/C15H16O/c1-3-8-15(16)12-7-9-13(2)14-10-5-4-6-11-14/h4-6,10-11H,2-3,8-9H2,1H3. The molecule has 16 heavy (non-hydrogen) atoms. The lowest BCUT2D eigenvalue weighted by molar-refractivity contribution is -0.113. The molecule has 0 amide bonds. The van der Waals surface area contributed by atoms with E-state index < -0.39 is 0 Å². The lowest BCUT2D eigenvalue weighted by Crippen LogP contribution is -1.90. The monoisotopic (exact) mass is 212 g/mol. The molecule has 1 nitrogen and oxygen atoms in total. The lowest BCUT2D eigenvalue weighted by atomic mass is 10.1. The quantitative estimate of drug-likeness (QED) is 0.551. The summed E-state index contributed by atoms with van der Waals surface area (Å²) in [5, 5.41) is 0. The van der Waals surface area contributed by atoms with Gasteiger partial charge >= 0.3 is 0 Å². The first kappa shape index (κ1) is 12.3. The number of allylic oxidation sites excluding steroid dienone is 1. The number of carbonyl (C=O) groups excluding carboxylic acids is 1. The molecule has 0 unspecified atom stereocenters. The fourth-order valence-corrected chi connectivity index (χ4v) is 1.31. The average molecular weight is 212 g/mol.